The summed E-state index contributed by atoms with van der Waals surface area (Å²) in [5.41, 5.74) is 1.53. The Bertz CT molecular complexity index is 594. The maximum Gasteiger partial charge on any atom is 0.285 e. The van der Waals surface area contributed by atoms with Crippen LogP contribution in [0.1, 0.15) is 51.9 Å². The molecule has 0 bridgehead atoms. The fraction of sp³-hybridized carbons (Fsp3) is 0.579. The fourth-order valence-electron chi connectivity index (χ4n) is 3.85. The van der Waals surface area contributed by atoms with Gasteiger partial charge in [0.1, 0.15) is 6.54 Å². The zero-order valence-electron chi connectivity index (χ0n) is 14.5. The van der Waals surface area contributed by atoms with E-state index in [0.717, 1.165) is 11.4 Å². The lowest BCUT2D eigenvalue weighted by Gasteiger charge is -2.31. The molecule has 1 aromatic carbocycles. The number of nitrogens with two attached hydrogens (primary N) is 1. The number of benzene rings is 1. The van der Waals surface area contributed by atoms with E-state index in [1.807, 2.05) is 31.2 Å². The van der Waals surface area contributed by atoms with Crippen molar-refractivity contribution in [1.82, 2.24) is 0 Å². The molecule has 1 aliphatic heterocycles. The van der Waals surface area contributed by atoms with Gasteiger partial charge in [0.2, 0.25) is 5.91 Å². The summed E-state index contributed by atoms with van der Waals surface area (Å²) in [4.78, 5) is 26.5. The van der Waals surface area contributed by atoms with E-state index >= 15 is 0 Å². The summed E-state index contributed by atoms with van der Waals surface area (Å²) in [7, 11) is 0. The fourth-order valence-corrected chi connectivity index (χ4v) is 3.85. The van der Waals surface area contributed by atoms with Crippen molar-refractivity contribution in [2.45, 2.75) is 64.0 Å². The van der Waals surface area contributed by atoms with Gasteiger partial charge in [0.05, 0.1) is 17.4 Å². The van der Waals surface area contributed by atoms with Crippen LogP contribution in [0.4, 0.5) is 11.4 Å². The maximum atomic E-state index is 12.9. The Morgan fingerprint density at radius 2 is 1.83 bits per heavy atom. The summed E-state index contributed by atoms with van der Waals surface area (Å²) >= 11 is 0. The van der Waals surface area contributed by atoms with Crippen molar-refractivity contribution in [3.05, 3.63) is 24.3 Å². The van der Waals surface area contributed by atoms with Gasteiger partial charge >= 0.3 is 0 Å². The summed E-state index contributed by atoms with van der Waals surface area (Å²) in [6.07, 6.45) is 8.87. The highest BCUT2D eigenvalue weighted by Crippen LogP contribution is 2.29. The van der Waals surface area contributed by atoms with Gasteiger partial charge in [-0.15, -0.1) is 0 Å². The topological polar surface area (TPSA) is 66.0 Å². The SMILES string of the molecule is C[C@H]([NH2+]C1CCCCCCC1)C(=O)N1CC(=O)Nc2ccccc21. The molecule has 1 aromatic rings. The number of carbonyl (C=O) groups excluding carboxylic acids is 2. The molecular weight excluding hydrogens is 302 g/mol. The lowest BCUT2D eigenvalue weighted by molar-refractivity contribution is -0.708. The second-order valence-electron chi connectivity index (χ2n) is 7.08. The minimum Gasteiger partial charge on any atom is -0.334 e. The molecular formula is C19H28N3O2+. The van der Waals surface area contributed by atoms with E-state index in [-0.39, 0.29) is 24.4 Å². The van der Waals surface area contributed by atoms with Gasteiger partial charge in [-0.05, 0) is 44.7 Å². The van der Waals surface area contributed by atoms with E-state index in [2.05, 4.69) is 10.6 Å². The molecule has 3 N–H and O–H groups in total. The molecule has 5 nitrogen and oxygen atoms in total. The van der Waals surface area contributed by atoms with Crippen molar-refractivity contribution in [1.29, 1.82) is 0 Å². The number of hydrogen-bond donors (Lipinski definition) is 2. The third-order valence-electron chi connectivity index (χ3n) is 5.14. The summed E-state index contributed by atoms with van der Waals surface area (Å²) in [6, 6.07) is 7.88. The number of carbonyl (C=O) groups is 2. The first-order valence-corrected chi connectivity index (χ1v) is 9.20. The minimum absolute atomic E-state index is 0.0272. The van der Waals surface area contributed by atoms with Crippen molar-refractivity contribution in [2.75, 3.05) is 16.8 Å². The second kappa shape index (κ2) is 7.79. The predicted octanol–water partition coefficient (Wildman–Crippen LogP) is 2.04. The van der Waals surface area contributed by atoms with E-state index < -0.39 is 0 Å². The molecule has 130 valence electrons. The molecule has 1 heterocycles. The van der Waals surface area contributed by atoms with Crippen molar-refractivity contribution >= 4 is 23.2 Å². The summed E-state index contributed by atoms with van der Waals surface area (Å²) < 4.78 is 0. The van der Waals surface area contributed by atoms with Crippen LogP contribution < -0.4 is 15.5 Å². The molecule has 2 aliphatic rings. The molecule has 0 aromatic heterocycles. The highest BCUT2D eigenvalue weighted by molar-refractivity contribution is 6.10. The smallest absolute Gasteiger partial charge is 0.285 e. The Kier molecular flexibility index (Phi) is 5.51. The molecule has 0 saturated heterocycles. The monoisotopic (exact) mass is 330 g/mol. The Hall–Kier alpha value is -1.88. The molecule has 5 heteroatoms. The van der Waals surface area contributed by atoms with Crippen LogP contribution in [0.25, 0.3) is 0 Å². The molecule has 2 amide bonds. The van der Waals surface area contributed by atoms with E-state index in [1.54, 1.807) is 4.90 Å². The number of hydrogen-bond acceptors (Lipinski definition) is 2. The zero-order valence-corrected chi connectivity index (χ0v) is 14.5. The molecule has 1 atom stereocenters. The van der Waals surface area contributed by atoms with E-state index in [0.29, 0.717) is 6.04 Å². The number of nitrogens with zero attached hydrogens (tertiary/aromatic N) is 1. The third kappa shape index (κ3) is 3.96. The van der Waals surface area contributed by atoms with Gasteiger partial charge in [-0.1, -0.05) is 31.4 Å². The van der Waals surface area contributed by atoms with Gasteiger partial charge in [0.25, 0.3) is 5.91 Å². The molecule has 24 heavy (non-hydrogen) atoms. The molecule has 3 rings (SSSR count). The van der Waals surface area contributed by atoms with Crippen LogP contribution in [-0.2, 0) is 9.59 Å². The zero-order chi connectivity index (χ0) is 16.9. The average Bonchev–Trinajstić information content (AvgIpc) is 2.55. The first-order chi connectivity index (χ1) is 11.6. The number of amides is 2. The summed E-state index contributed by atoms with van der Waals surface area (Å²) in [5.74, 6) is -0.0976. The predicted molar refractivity (Wildman–Crippen MR) is 94.9 cm³/mol. The van der Waals surface area contributed by atoms with E-state index in [9.17, 15) is 9.59 Å². The summed E-state index contributed by atoms with van der Waals surface area (Å²) in [6.45, 7) is 2.08. The first-order valence-electron chi connectivity index (χ1n) is 9.20. The Labute approximate surface area is 143 Å². The Morgan fingerprint density at radius 3 is 2.58 bits per heavy atom. The number of para-hydroxylation sites is 2. The normalized spacial score (nSPS) is 20.5. The van der Waals surface area contributed by atoms with Crippen LogP contribution in [0, 0.1) is 0 Å². The van der Waals surface area contributed by atoms with Gasteiger partial charge in [0, 0.05) is 0 Å². The molecule has 0 unspecified atom stereocenters. The van der Waals surface area contributed by atoms with Gasteiger partial charge in [-0.2, -0.15) is 0 Å². The van der Waals surface area contributed by atoms with Crippen molar-refractivity contribution in [2.24, 2.45) is 0 Å². The highest BCUT2D eigenvalue weighted by atomic mass is 16.2. The van der Waals surface area contributed by atoms with Crippen LogP contribution in [0.15, 0.2) is 24.3 Å². The van der Waals surface area contributed by atoms with Crippen LogP contribution in [0.5, 0.6) is 0 Å². The minimum atomic E-state index is -0.159. The van der Waals surface area contributed by atoms with Gasteiger partial charge in [-0.25, -0.2) is 0 Å². The van der Waals surface area contributed by atoms with Crippen LogP contribution in [0.3, 0.4) is 0 Å². The van der Waals surface area contributed by atoms with Crippen molar-refractivity contribution in [3.8, 4) is 0 Å². The number of quaternary nitrogens is 1. The Balaban J connectivity index is 1.68. The number of anilines is 2. The lowest BCUT2D eigenvalue weighted by atomic mass is 9.96. The lowest BCUT2D eigenvalue weighted by Crippen LogP contribution is -2.96. The molecule has 1 saturated carbocycles. The number of nitrogens with one attached hydrogen (secondary N) is 1. The Morgan fingerprint density at radius 1 is 1.17 bits per heavy atom. The molecule has 0 spiro atoms. The van der Waals surface area contributed by atoms with Crippen LogP contribution in [0.2, 0.25) is 0 Å². The van der Waals surface area contributed by atoms with E-state index in [4.69, 9.17) is 0 Å². The number of rotatable bonds is 3. The first kappa shape index (κ1) is 17.0. The highest BCUT2D eigenvalue weighted by Gasteiger charge is 2.32. The standard InChI is InChI=1S/C19H27N3O2/c1-14(20-15-9-5-3-2-4-6-10-15)19(24)22-13-18(23)21-16-11-7-8-12-17(16)22/h7-8,11-12,14-15,20H,2-6,9-10,13H2,1H3,(H,21,23)/p+1/t14-/m0/s1. The van der Waals surface area contributed by atoms with Gasteiger partial charge < -0.3 is 10.6 Å². The van der Waals surface area contributed by atoms with Crippen molar-refractivity contribution in [3.63, 3.8) is 0 Å². The van der Waals surface area contributed by atoms with Crippen LogP contribution >= 0.6 is 0 Å². The maximum absolute atomic E-state index is 12.9. The number of fused-ring (bicyclic) bond motifs is 1. The largest absolute Gasteiger partial charge is 0.334 e. The molecule has 1 fully saturated rings. The van der Waals surface area contributed by atoms with Crippen molar-refractivity contribution < 1.29 is 14.9 Å². The van der Waals surface area contributed by atoms with Gasteiger partial charge in [-0.3, -0.25) is 14.5 Å². The van der Waals surface area contributed by atoms with Crippen LogP contribution in [-0.4, -0.2) is 30.4 Å². The molecule has 1 aliphatic carbocycles. The molecule has 0 radical (unpaired) electrons. The van der Waals surface area contributed by atoms with E-state index in [1.165, 1.54) is 44.9 Å². The summed E-state index contributed by atoms with van der Waals surface area (Å²) in [5, 5.41) is 5.06. The second-order valence-corrected chi connectivity index (χ2v) is 7.08. The average molecular weight is 330 g/mol. The third-order valence-corrected chi connectivity index (χ3v) is 5.14. The van der Waals surface area contributed by atoms with Gasteiger partial charge in [0.15, 0.2) is 6.04 Å². The quantitative estimate of drug-likeness (QED) is 0.891.